The van der Waals surface area contributed by atoms with Crippen LogP contribution in [0.2, 0.25) is 0 Å². The van der Waals surface area contributed by atoms with Crippen LogP contribution >= 0.6 is 11.8 Å². The highest BCUT2D eigenvalue weighted by Gasteiger charge is 2.36. The maximum Gasteiger partial charge on any atom is 0.325 e. The van der Waals surface area contributed by atoms with Crippen LogP contribution < -0.4 is 54.4 Å². The van der Waals surface area contributed by atoms with Gasteiger partial charge < -0.3 is 59.5 Å². The third-order valence-electron chi connectivity index (χ3n) is 10.6. The Balaban J connectivity index is 6.38. The molecule has 0 radical (unpaired) electrons. The summed E-state index contributed by atoms with van der Waals surface area (Å²) in [5, 5.41) is 28.3. The van der Waals surface area contributed by atoms with Crippen LogP contribution in [0, 0.1) is 23.7 Å². The molecule has 0 unspecified atom stereocenters. The predicted octanol–water partition coefficient (Wildman–Crippen LogP) is 0.617. The standard InChI is InChI=1S/C43H82N10O9S/c1-11-27(8)35(53-36(54)29(46)16-12-14-19-44)42(60)51-33(23-25(4)5)40(58)50-32(22-24(2)3)39(57)48-31(18-21-63-10)38(56)52-34(26(6)7)41(59)49-30(17-13-15-20-45)37(55)47-28(9)43(61)62/h24-35H,11-23,44-46H2,1-10H3,(H,47,55)(H,48,57)(H,49,59)(H,50,58)(H,51,60)(H,52,56)(H,53,54)(H,61,62)/t27-,28-,29-,30-,31-,32-,33-,34-,35-/m0/s1. The Hall–Kier alpha value is -4.01. The third kappa shape index (κ3) is 23.5. The number of carbonyl (C=O) groups excluding carboxylic acids is 7. The van der Waals surface area contributed by atoms with Crippen molar-refractivity contribution in [2.24, 2.45) is 40.9 Å². The SMILES string of the molecule is CC[C@H](C)[C@H](NC(=O)[C@@H](N)CCCCN)C(=O)N[C@@H](CC(C)C)C(=O)N[C@@H](CC(C)C)C(=O)N[C@@H](CCSC)C(=O)N[C@H](C(=O)N[C@@H](CCCCN)C(=O)N[C@@H](C)C(=O)O)C(C)C. The molecule has 20 heteroatoms. The van der Waals surface area contributed by atoms with E-state index in [-0.39, 0.29) is 43.4 Å². The normalized spacial score (nSPS) is 15.7. The fourth-order valence-corrected chi connectivity index (χ4v) is 6.98. The van der Waals surface area contributed by atoms with Gasteiger partial charge in [-0.05, 0) is 107 Å². The van der Waals surface area contributed by atoms with E-state index in [1.807, 2.05) is 47.8 Å². The fourth-order valence-electron chi connectivity index (χ4n) is 6.51. The van der Waals surface area contributed by atoms with Gasteiger partial charge in [-0.3, -0.25) is 38.4 Å². The molecule has 0 aromatic carbocycles. The van der Waals surface area contributed by atoms with Crippen molar-refractivity contribution in [3.05, 3.63) is 0 Å². The molecule has 364 valence electrons. The Bertz CT molecular complexity index is 1450. The van der Waals surface area contributed by atoms with Crippen molar-refractivity contribution in [1.82, 2.24) is 37.2 Å². The number of aliphatic carboxylic acids is 1. The van der Waals surface area contributed by atoms with Gasteiger partial charge in [-0.1, -0.05) is 68.2 Å². The quantitative estimate of drug-likeness (QED) is 0.0403. The first-order valence-electron chi connectivity index (χ1n) is 22.5. The van der Waals surface area contributed by atoms with Crippen LogP contribution in [0.4, 0.5) is 0 Å². The number of carboxylic acid groups (broad SMARTS) is 1. The summed E-state index contributed by atoms with van der Waals surface area (Å²) in [7, 11) is 0. The topological polar surface area (TPSA) is 319 Å². The van der Waals surface area contributed by atoms with Crippen molar-refractivity contribution >= 4 is 59.1 Å². The Morgan fingerprint density at radius 3 is 1.40 bits per heavy atom. The Kier molecular flexibility index (Phi) is 29.8. The van der Waals surface area contributed by atoms with E-state index in [2.05, 4.69) is 37.2 Å². The summed E-state index contributed by atoms with van der Waals surface area (Å²) in [4.78, 5) is 107. The van der Waals surface area contributed by atoms with Gasteiger partial charge in [0.1, 0.15) is 42.3 Å². The molecule has 9 atom stereocenters. The van der Waals surface area contributed by atoms with Gasteiger partial charge in [0.2, 0.25) is 41.4 Å². The number of amides is 7. The smallest absolute Gasteiger partial charge is 0.325 e. The number of hydrogen-bond donors (Lipinski definition) is 11. The summed E-state index contributed by atoms with van der Waals surface area (Å²) < 4.78 is 0. The molecule has 0 saturated carbocycles. The number of unbranched alkanes of at least 4 members (excludes halogenated alkanes) is 2. The van der Waals surface area contributed by atoms with Gasteiger partial charge in [-0.2, -0.15) is 11.8 Å². The first kappa shape index (κ1) is 59.0. The van der Waals surface area contributed by atoms with Crippen LogP contribution in [0.5, 0.6) is 0 Å². The minimum absolute atomic E-state index is 0.0549. The van der Waals surface area contributed by atoms with E-state index in [1.54, 1.807) is 13.8 Å². The number of hydrogen-bond acceptors (Lipinski definition) is 12. The van der Waals surface area contributed by atoms with Crippen molar-refractivity contribution in [2.75, 3.05) is 25.1 Å². The number of carbonyl (C=O) groups is 8. The molecule has 7 amide bonds. The Morgan fingerprint density at radius 2 is 0.937 bits per heavy atom. The minimum atomic E-state index is -1.25. The zero-order valence-corrected chi connectivity index (χ0v) is 40.3. The predicted molar refractivity (Wildman–Crippen MR) is 247 cm³/mol. The van der Waals surface area contributed by atoms with Gasteiger partial charge in [-0.25, -0.2) is 0 Å². The van der Waals surface area contributed by atoms with Crippen LogP contribution in [-0.2, 0) is 38.4 Å². The van der Waals surface area contributed by atoms with Gasteiger partial charge in [0.15, 0.2) is 0 Å². The van der Waals surface area contributed by atoms with Gasteiger partial charge in [0.25, 0.3) is 0 Å². The van der Waals surface area contributed by atoms with Gasteiger partial charge >= 0.3 is 5.97 Å². The summed E-state index contributed by atoms with van der Waals surface area (Å²) in [6, 6.07) is -8.59. The number of carboxylic acids is 1. The first-order valence-corrected chi connectivity index (χ1v) is 23.9. The molecule has 0 aromatic rings. The van der Waals surface area contributed by atoms with Crippen molar-refractivity contribution < 1.29 is 43.5 Å². The van der Waals surface area contributed by atoms with E-state index >= 15 is 0 Å². The van der Waals surface area contributed by atoms with E-state index in [4.69, 9.17) is 17.2 Å². The number of nitrogens with one attached hydrogen (secondary N) is 7. The summed E-state index contributed by atoms with van der Waals surface area (Å²) in [5.74, 6) is -6.03. The molecule has 0 aromatic heterocycles. The molecule has 0 aliphatic rings. The monoisotopic (exact) mass is 915 g/mol. The van der Waals surface area contributed by atoms with Crippen molar-refractivity contribution in [3.8, 4) is 0 Å². The highest BCUT2D eigenvalue weighted by Crippen LogP contribution is 2.14. The second kappa shape index (κ2) is 31.8. The molecular formula is C43H82N10O9S. The molecule has 0 spiro atoms. The van der Waals surface area contributed by atoms with Gasteiger partial charge in [-0.15, -0.1) is 0 Å². The number of rotatable bonds is 33. The van der Waals surface area contributed by atoms with Gasteiger partial charge in [0, 0.05) is 0 Å². The number of thioether (sulfide) groups is 1. The molecule has 0 heterocycles. The number of nitrogens with two attached hydrogens (primary N) is 3. The molecule has 0 rings (SSSR count). The van der Waals surface area contributed by atoms with Crippen LogP contribution in [-0.4, -0.2) is 126 Å². The average Bonchev–Trinajstić information content (AvgIpc) is 3.21. The zero-order chi connectivity index (χ0) is 48.4. The summed E-state index contributed by atoms with van der Waals surface area (Å²) in [6.45, 7) is 16.7. The lowest BCUT2D eigenvalue weighted by atomic mass is 9.95. The van der Waals surface area contributed by atoms with Crippen molar-refractivity contribution in [3.63, 3.8) is 0 Å². The molecule has 14 N–H and O–H groups in total. The Labute approximate surface area is 379 Å². The van der Waals surface area contributed by atoms with E-state index < -0.39 is 102 Å². The highest BCUT2D eigenvalue weighted by molar-refractivity contribution is 7.98. The van der Waals surface area contributed by atoms with Crippen molar-refractivity contribution in [2.45, 2.75) is 175 Å². The molecule has 0 fully saturated rings. The average molecular weight is 915 g/mol. The van der Waals surface area contributed by atoms with E-state index in [0.29, 0.717) is 57.4 Å². The van der Waals surface area contributed by atoms with Crippen LogP contribution in [0.25, 0.3) is 0 Å². The maximum atomic E-state index is 14.1. The second-order valence-corrected chi connectivity index (χ2v) is 18.6. The first-order chi connectivity index (χ1) is 29.5. The second-order valence-electron chi connectivity index (χ2n) is 17.6. The van der Waals surface area contributed by atoms with E-state index in [9.17, 15) is 43.5 Å². The van der Waals surface area contributed by atoms with Crippen LogP contribution in [0.15, 0.2) is 0 Å². The lowest BCUT2D eigenvalue weighted by Crippen LogP contribution is -2.61. The molecular weight excluding hydrogens is 833 g/mol. The molecule has 63 heavy (non-hydrogen) atoms. The lowest BCUT2D eigenvalue weighted by Gasteiger charge is -2.30. The highest BCUT2D eigenvalue weighted by atomic mass is 32.2. The van der Waals surface area contributed by atoms with Gasteiger partial charge in [0.05, 0.1) is 6.04 Å². The molecule has 0 saturated heterocycles. The third-order valence-corrected chi connectivity index (χ3v) is 11.2. The largest absolute Gasteiger partial charge is 0.480 e. The van der Waals surface area contributed by atoms with E-state index in [0.717, 1.165) is 0 Å². The molecule has 0 bridgehead atoms. The lowest BCUT2D eigenvalue weighted by molar-refractivity contribution is -0.142. The summed E-state index contributed by atoms with van der Waals surface area (Å²) >= 11 is 1.44. The van der Waals surface area contributed by atoms with Crippen molar-refractivity contribution in [1.29, 1.82) is 0 Å². The zero-order valence-electron chi connectivity index (χ0n) is 39.5. The minimum Gasteiger partial charge on any atom is -0.480 e. The van der Waals surface area contributed by atoms with Crippen LogP contribution in [0.3, 0.4) is 0 Å². The molecule has 0 aliphatic heterocycles. The van der Waals surface area contributed by atoms with Crippen LogP contribution in [0.1, 0.15) is 127 Å². The summed E-state index contributed by atoms with van der Waals surface area (Å²) in [6.07, 6.45) is 5.94. The fraction of sp³-hybridized carbons (Fsp3) is 0.814. The van der Waals surface area contributed by atoms with E-state index in [1.165, 1.54) is 18.7 Å². The summed E-state index contributed by atoms with van der Waals surface area (Å²) in [5.41, 5.74) is 17.3. The molecule has 19 nitrogen and oxygen atoms in total. The Morgan fingerprint density at radius 1 is 0.524 bits per heavy atom. The maximum absolute atomic E-state index is 14.1. The molecule has 0 aliphatic carbocycles.